The molecule has 1 saturated heterocycles. The van der Waals surface area contributed by atoms with Gasteiger partial charge in [0.25, 0.3) is 0 Å². The van der Waals surface area contributed by atoms with Gasteiger partial charge in [0.15, 0.2) is 18.5 Å². The number of carbonyl (C=O) groups excluding carboxylic acids is 3. The van der Waals surface area contributed by atoms with Gasteiger partial charge in [0.05, 0.1) is 12.2 Å². The van der Waals surface area contributed by atoms with Gasteiger partial charge >= 0.3 is 18.0 Å². The summed E-state index contributed by atoms with van der Waals surface area (Å²) >= 11 is 16.6. The summed E-state index contributed by atoms with van der Waals surface area (Å²) in [6.07, 6.45) is -6.26. The van der Waals surface area contributed by atoms with Gasteiger partial charge in [-0.2, -0.15) is 0 Å². The van der Waals surface area contributed by atoms with E-state index in [9.17, 15) is 19.5 Å². The van der Waals surface area contributed by atoms with Crippen LogP contribution in [0, 0.1) is 0 Å². The number of halogens is 3. The second kappa shape index (κ2) is 11.0. The Balaban J connectivity index is 3.08. The van der Waals surface area contributed by atoms with E-state index in [0.717, 1.165) is 13.8 Å². The van der Waals surface area contributed by atoms with Crippen LogP contribution in [0.5, 0.6) is 0 Å². The number of hydrogen-bond donors (Lipinski definition) is 2. The molecule has 0 aromatic rings. The lowest BCUT2D eigenvalue weighted by molar-refractivity contribution is -0.269. The van der Waals surface area contributed by atoms with Crippen LogP contribution in [0.3, 0.4) is 0 Å². The van der Waals surface area contributed by atoms with Crippen molar-refractivity contribution < 1.29 is 43.2 Å². The van der Waals surface area contributed by atoms with Crippen molar-refractivity contribution in [3.05, 3.63) is 0 Å². The smallest absolute Gasteiger partial charge is 0.407 e. The number of aliphatic hydroxyl groups is 1. The number of alkyl carbamates (subject to hydrolysis) is 1. The van der Waals surface area contributed by atoms with E-state index in [1.54, 1.807) is 20.8 Å². The van der Waals surface area contributed by atoms with Gasteiger partial charge in [0.2, 0.25) is 3.79 Å². The molecule has 0 spiro atoms. The Labute approximate surface area is 189 Å². The van der Waals surface area contributed by atoms with Gasteiger partial charge in [0, 0.05) is 13.8 Å². The number of aliphatic hydroxyl groups excluding tert-OH is 1. The third-order valence-electron chi connectivity index (χ3n) is 3.60. The van der Waals surface area contributed by atoms with Gasteiger partial charge in [0.1, 0.15) is 18.8 Å². The van der Waals surface area contributed by atoms with E-state index >= 15 is 0 Å². The minimum Gasteiger partial charge on any atom is -0.456 e. The first-order chi connectivity index (χ1) is 13.6. The van der Waals surface area contributed by atoms with Crippen LogP contribution in [-0.4, -0.2) is 76.4 Å². The molecule has 2 N–H and O–H groups in total. The van der Waals surface area contributed by atoms with Crippen molar-refractivity contribution in [1.82, 2.24) is 5.32 Å². The maximum Gasteiger partial charge on any atom is 0.407 e. The highest BCUT2D eigenvalue weighted by atomic mass is 35.6. The molecule has 1 fully saturated rings. The molecule has 0 radical (unpaired) electrons. The molecule has 1 rings (SSSR count). The Kier molecular flexibility index (Phi) is 9.91. The van der Waals surface area contributed by atoms with Gasteiger partial charge in [-0.1, -0.05) is 34.8 Å². The third-order valence-corrected chi connectivity index (χ3v) is 3.93. The zero-order valence-corrected chi connectivity index (χ0v) is 19.4. The highest BCUT2D eigenvalue weighted by molar-refractivity contribution is 6.67. The maximum atomic E-state index is 12.1. The fourth-order valence-electron chi connectivity index (χ4n) is 2.53. The number of nitrogens with one attached hydrogen (secondary N) is 1. The highest BCUT2D eigenvalue weighted by Crippen LogP contribution is 2.28. The topological polar surface area (TPSA) is 130 Å². The number of esters is 2. The molecule has 0 aliphatic carbocycles. The first-order valence-electron chi connectivity index (χ1n) is 8.91. The molecule has 10 nitrogen and oxygen atoms in total. The Morgan fingerprint density at radius 1 is 1.03 bits per heavy atom. The molecule has 1 heterocycles. The fourth-order valence-corrected chi connectivity index (χ4v) is 2.69. The van der Waals surface area contributed by atoms with E-state index in [1.165, 1.54) is 0 Å². The van der Waals surface area contributed by atoms with E-state index in [2.05, 4.69) is 5.32 Å². The Hall–Kier alpha value is -1.04. The summed E-state index contributed by atoms with van der Waals surface area (Å²) in [5, 5.41) is 12.7. The largest absolute Gasteiger partial charge is 0.456 e. The number of hydrogen-bond acceptors (Lipinski definition) is 9. The van der Waals surface area contributed by atoms with Crippen molar-refractivity contribution in [2.24, 2.45) is 0 Å². The zero-order valence-electron chi connectivity index (χ0n) is 17.1. The lowest BCUT2D eigenvalue weighted by atomic mass is 9.96. The molecule has 0 bridgehead atoms. The van der Waals surface area contributed by atoms with Gasteiger partial charge in [-0.3, -0.25) is 9.59 Å². The predicted molar refractivity (Wildman–Crippen MR) is 106 cm³/mol. The van der Waals surface area contributed by atoms with Crippen molar-refractivity contribution in [1.29, 1.82) is 0 Å². The Morgan fingerprint density at radius 2 is 1.57 bits per heavy atom. The second-order valence-electron chi connectivity index (χ2n) is 7.50. The van der Waals surface area contributed by atoms with Crippen LogP contribution in [0.25, 0.3) is 0 Å². The first-order valence-corrected chi connectivity index (χ1v) is 10.0. The molecule has 1 aliphatic rings. The van der Waals surface area contributed by atoms with Crippen molar-refractivity contribution >= 4 is 52.8 Å². The van der Waals surface area contributed by atoms with E-state index in [0.29, 0.717) is 0 Å². The normalized spacial score (nSPS) is 27.2. The number of amides is 1. The molecular formula is C17H26Cl3NO9. The minimum absolute atomic E-state index is 0.0965. The molecule has 13 heteroatoms. The van der Waals surface area contributed by atoms with Crippen molar-refractivity contribution in [3.63, 3.8) is 0 Å². The molecule has 174 valence electrons. The van der Waals surface area contributed by atoms with E-state index in [1.807, 2.05) is 0 Å². The standard InChI is InChI=1S/C17H26Cl3NO9/c1-8(22)28-12-10(6-27-16(3,4)5)30-14(24)11(13(12)29-9(2)23)21-15(25)26-7-17(18,19)20/h10-14,24H,6-7H2,1-5H3,(H,21,25)/t10-,11-,12-,13-,14-/m1/s1. The molecule has 5 atom stereocenters. The molecule has 30 heavy (non-hydrogen) atoms. The molecule has 0 aromatic carbocycles. The molecule has 0 aromatic heterocycles. The quantitative estimate of drug-likeness (QED) is 0.323. The lowest BCUT2D eigenvalue weighted by Gasteiger charge is -2.44. The average molecular weight is 495 g/mol. The van der Waals surface area contributed by atoms with Crippen LogP contribution in [0.2, 0.25) is 0 Å². The summed E-state index contributed by atoms with van der Waals surface area (Å²) in [5.74, 6) is -1.45. The van der Waals surface area contributed by atoms with Gasteiger partial charge in [-0.05, 0) is 20.8 Å². The Morgan fingerprint density at radius 3 is 2.03 bits per heavy atom. The number of ether oxygens (including phenoxy) is 5. The van der Waals surface area contributed by atoms with Crippen LogP contribution < -0.4 is 5.32 Å². The third kappa shape index (κ3) is 9.84. The summed E-state index contributed by atoms with van der Waals surface area (Å²) in [7, 11) is 0. The molecule has 0 unspecified atom stereocenters. The monoisotopic (exact) mass is 493 g/mol. The van der Waals surface area contributed by atoms with Crippen LogP contribution in [0.1, 0.15) is 34.6 Å². The zero-order chi connectivity index (χ0) is 23.3. The highest BCUT2D eigenvalue weighted by Gasteiger charge is 2.50. The van der Waals surface area contributed by atoms with E-state index in [4.69, 9.17) is 58.5 Å². The second-order valence-corrected chi connectivity index (χ2v) is 10.0. The van der Waals surface area contributed by atoms with Crippen LogP contribution >= 0.6 is 34.8 Å². The van der Waals surface area contributed by atoms with Gasteiger partial charge in [-0.25, -0.2) is 4.79 Å². The van der Waals surface area contributed by atoms with Gasteiger partial charge in [-0.15, -0.1) is 0 Å². The Bertz CT molecular complexity index is 621. The van der Waals surface area contributed by atoms with Gasteiger partial charge < -0.3 is 34.1 Å². The molecule has 1 aliphatic heterocycles. The lowest BCUT2D eigenvalue weighted by Crippen LogP contribution is -2.66. The molecular weight excluding hydrogens is 469 g/mol. The summed E-state index contributed by atoms with van der Waals surface area (Å²) in [6.45, 7) is 6.97. The van der Waals surface area contributed by atoms with Crippen LogP contribution in [0.4, 0.5) is 4.79 Å². The molecule has 1 amide bonds. The number of alkyl halides is 3. The van der Waals surface area contributed by atoms with Crippen LogP contribution in [-0.2, 0) is 33.3 Å². The number of rotatable bonds is 6. The summed E-state index contributed by atoms with van der Waals surface area (Å²) in [4.78, 5) is 35.3. The SMILES string of the molecule is CC(=O)O[C@@H]1[C@@H](NC(=O)OCC(Cl)(Cl)Cl)[C@H](O)O[C@H](COC(C)(C)C)[C@H]1OC(C)=O. The summed E-state index contributed by atoms with van der Waals surface area (Å²) in [5.41, 5.74) is -0.567. The maximum absolute atomic E-state index is 12.1. The molecule has 0 saturated carbocycles. The van der Waals surface area contributed by atoms with Crippen molar-refractivity contribution in [2.75, 3.05) is 13.2 Å². The van der Waals surface area contributed by atoms with Crippen LogP contribution in [0.15, 0.2) is 0 Å². The fraction of sp³-hybridized carbons (Fsp3) is 0.824. The van der Waals surface area contributed by atoms with Crippen molar-refractivity contribution in [3.8, 4) is 0 Å². The van der Waals surface area contributed by atoms with Crippen molar-refractivity contribution in [2.45, 2.75) is 74.7 Å². The van der Waals surface area contributed by atoms with E-state index in [-0.39, 0.29) is 6.61 Å². The summed E-state index contributed by atoms with van der Waals surface area (Å²) < 4.78 is 24.5. The average Bonchev–Trinajstić information content (AvgIpc) is 2.55. The number of carbonyl (C=O) groups is 3. The summed E-state index contributed by atoms with van der Waals surface area (Å²) in [6, 6.07) is -1.35. The minimum atomic E-state index is -1.86. The predicted octanol–water partition coefficient (Wildman–Crippen LogP) is 1.85. The first kappa shape index (κ1) is 27.0. The van der Waals surface area contributed by atoms with E-state index < -0.39 is 64.7 Å².